The van der Waals surface area contributed by atoms with Crippen LogP contribution in [-0.4, -0.2) is 34.2 Å². The Hall–Kier alpha value is -2.10. The van der Waals surface area contributed by atoms with Crippen LogP contribution in [0, 0.1) is 0 Å². The molecule has 0 fully saturated rings. The zero-order chi connectivity index (χ0) is 16.5. The van der Waals surface area contributed by atoms with Gasteiger partial charge in [-0.2, -0.15) is 0 Å². The zero-order valence-electron chi connectivity index (χ0n) is 14.2. The second kappa shape index (κ2) is 6.42. The zero-order valence-corrected chi connectivity index (χ0v) is 14.2. The van der Waals surface area contributed by atoms with Crippen molar-refractivity contribution in [2.75, 3.05) is 19.6 Å². The van der Waals surface area contributed by atoms with Gasteiger partial charge in [-0.3, -0.25) is 0 Å². The molecule has 0 radical (unpaired) electrons. The Kier molecular flexibility index (Phi) is 4.13. The fourth-order valence-corrected chi connectivity index (χ4v) is 3.95. The van der Waals surface area contributed by atoms with Crippen LogP contribution in [0.25, 0.3) is 10.9 Å². The fourth-order valence-electron chi connectivity index (χ4n) is 3.95. The first-order chi connectivity index (χ1) is 11.8. The molecule has 24 heavy (non-hydrogen) atoms. The molecule has 0 aliphatic carbocycles. The van der Waals surface area contributed by atoms with Crippen LogP contribution < -0.4 is 0 Å². The Balaban J connectivity index is 1.87. The molecule has 1 aliphatic rings. The Morgan fingerprint density at radius 1 is 1.04 bits per heavy atom. The molecule has 1 atom stereocenters. The molecule has 0 amide bonds. The number of para-hydroxylation sites is 1. The first kappa shape index (κ1) is 15.4. The van der Waals surface area contributed by atoms with Crippen molar-refractivity contribution >= 4 is 10.9 Å². The second-order valence-corrected chi connectivity index (χ2v) is 6.61. The number of likely N-dealkylation sites (N-methyl/N-ethyl adjacent to an activating group) is 1. The van der Waals surface area contributed by atoms with Crippen LogP contribution in [0.1, 0.15) is 29.8 Å². The van der Waals surface area contributed by atoms with E-state index in [2.05, 4.69) is 64.9 Å². The van der Waals surface area contributed by atoms with E-state index >= 15 is 0 Å². The minimum atomic E-state index is -0.432. The standard InChI is InChI=1S/C21H24N2O/c1-2-22-13-12-18-17-10-6-7-11-19(17)23(21(18)20(24)15-22)14-16-8-4-3-5-9-16/h3-11,20,24H,2,12-15H2,1H3. The molecule has 0 spiro atoms. The van der Waals surface area contributed by atoms with Crippen molar-refractivity contribution in [3.63, 3.8) is 0 Å². The molecule has 2 heterocycles. The van der Waals surface area contributed by atoms with E-state index in [1.54, 1.807) is 0 Å². The Morgan fingerprint density at radius 3 is 2.58 bits per heavy atom. The summed E-state index contributed by atoms with van der Waals surface area (Å²) in [6.45, 7) is 5.69. The smallest absolute Gasteiger partial charge is 0.107 e. The molecular formula is C21H24N2O. The van der Waals surface area contributed by atoms with Gasteiger partial charge in [0.25, 0.3) is 0 Å². The van der Waals surface area contributed by atoms with Crippen molar-refractivity contribution in [2.45, 2.75) is 26.0 Å². The maximum Gasteiger partial charge on any atom is 0.107 e. The molecule has 0 saturated heterocycles. The topological polar surface area (TPSA) is 28.4 Å². The van der Waals surface area contributed by atoms with E-state index < -0.39 is 6.10 Å². The van der Waals surface area contributed by atoms with Gasteiger partial charge in [-0.05, 0) is 30.2 Å². The summed E-state index contributed by atoms with van der Waals surface area (Å²) in [6, 6.07) is 19.1. The third-order valence-corrected chi connectivity index (χ3v) is 5.18. The van der Waals surface area contributed by atoms with Crippen molar-refractivity contribution in [1.29, 1.82) is 0 Å². The minimum absolute atomic E-state index is 0.432. The summed E-state index contributed by atoms with van der Waals surface area (Å²) in [6.07, 6.45) is 0.571. The number of aliphatic hydroxyl groups excluding tert-OH is 1. The number of hydrogen-bond acceptors (Lipinski definition) is 2. The summed E-state index contributed by atoms with van der Waals surface area (Å²) in [5.74, 6) is 0. The normalized spacial score (nSPS) is 18.5. The molecule has 0 saturated carbocycles. The quantitative estimate of drug-likeness (QED) is 0.799. The number of aliphatic hydroxyl groups is 1. The van der Waals surface area contributed by atoms with Gasteiger partial charge in [-0.15, -0.1) is 0 Å². The Labute approximate surface area is 143 Å². The monoisotopic (exact) mass is 320 g/mol. The lowest BCUT2D eigenvalue weighted by molar-refractivity contribution is 0.117. The Bertz CT molecular complexity index is 838. The molecule has 3 nitrogen and oxygen atoms in total. The molecular weight excluding hydrogens is 296 g/mol. The van der Waals surface area contributed by atoms with Gasteiger partial charge in [0.1, 0.15) is 6.10 Å². The van der Waals surface area contributed by atoms with Crippen LogP contribution in [0.15, 0.2) is 54.6 Å². The predicted octanol–water partition coefficient (Wildman–Crippen LogP) is 3.60. The number of benzene rings is 2. The molecule has 1 aliphatic heterocycles. The van der Waals surface area contributed by atoms with Crippen molar-refractivity contribution < 1.29 is 5.11 Å². The van der Waals surface area contributed by atoms with E-state index in [-0.39, 0.29) is 0 Å². The molecule has 3 aromatic rings. The van der Waals surface area contributed by atoms with Crippen molar-refractivity contribution in [3.05, 3.63) is 71.4 Å². The summed E-state index contributed by atoms with van der Waals surface area (Å²) in [7, 11) is 0. The number of hydrogen-bond donors (Lipinski definition) is 1. The molecule has 2 aromatic carbocycles. The highest BCUT2D eigenvalue weighted by Gasteiger charge is 2.27. The van der Waals surface area contributed by atoms with Crippen LogP contribution in [0.5, 0.6) is 0 Å². The predicted molar refractivity (Wildman–Crippen MR) is 98.3 cm³/mol. The molecule has 3 heteroatoms. The lowest BCUT2D eigenvalue weighted by Crippen LogP contribution is -2.28. The lowest BCUT2D eigenvalue weighted by Gasteiger charge is -2.21. The number of rotatable bonds is 3. The van der Waals surface area contributed by atoms with E-state index in [4.69, 9.17) is 0 Å². The number of β-amino-alcohol motifs (C(OH)–C–C–N with tert-alkyl or cyclic N) is 1. The summed E-state index contributed by atoms with van der Waals surface area (Å²) >= 11 is 0. The van der Waals surface area contributed by atoms with Crippen LogP contribution in [-0.2, 0) is 13.0 Å². The maximum absolute atomic E-state index is 10.9. The molecule has 4 rings (SSSR count). The summed E-state index contributed by atoms with van der Waals surface area (Å²) < 4.78 is 2.32. The molecule has 0 bridgehead atoms. The molecule has 1 aromatic heterocycles. The van der Waals surface area contributed by atoms with E-state index in [9.17, 15) is 5.11 Å². The van der Waals surface area contributed by atoms with Gasteiger partial charge in [0, 0.05) is 30.5 Å². The molecule has 1 N–H and O–H groups in total. The van der Waals surface area contributed by atoms with Gasteiger partial charge < -0.3 is 14.6 Å². The van der Waals surface area contributed by atoms with E-state index in [0.717, 1.165) is 31.7 Å². The van der Waals surface area contributed by atoms with E-state index in [1.807, 2.05) is 6.07 Å². The lowest BCUT2D eigenvalue weighted by atomic mass is 10.1. The highest BCUT2D eigenvalue weighted by molar-refractivity contribution is 5.86. The van der Waals surface area contributed by atoms with Crippen LogP contribution in [0.3, 0.4) is 0 Å². The first-order valence-corrected chi connectivity index (χ1v) is 8.82. The largest absolute Gasteiger partial charge is 0.386 e. The van der Waals surface area contributed by atoms with Gasteiger partial charge in [-0.1, -0.05) is 55.5 Å². The summed E-state index contributed by atoms with van der Waals surface area (Å²) in [5, 5.41) is 12.2. The maximum atomic E-state index is 10.9. The van der Waals surface area contributed by atoms with E-state index in [1.165, 1.54) is 22.0 Å². The third kappa shape index (κ3) is 2.64. The first-order valence-electron chi connectivity index (χ1n) is 8.82. The van der Waals surface area contributed by atoms with Gasteiger partial charge in [-0.25, -0.2) is 0 Å². The van der Waals surface area contributed by atoms with Crippen LogP contribution in [0.4, 0.5) is 0 Å². The Morgan fingerprint density at radius 2 is 1.79 bits per heavy atom. The third-order valence-electron chi connectivity index (χ3n) is 5.18. The molecule has 124 valence electrons. The summed E-state index contributed by atoms with van der Waals surface area (Å²) in [5.41, 5.74) is 4.93. The van der Waals surface area contributed by atoms with Gasteiger partial charge in [0.05, 0.1) is 5.69 Å². The van der Waals surface area contributed by atoms with Crippen molar-refractivity contribution in [3.8, 4) is 0 Å². The van der Waals surface area contributed by atoms with Gasteiger partial charge in [0.2, 0.25) is 0 Å². The average molecular weight is 320 g/mol. The van der Waals surface area contributed by atoms with Crippen molar-refractivity contribution in [2.24, 2.45) is 0 Å². The fraction of sp³-hybridized carbons (Fsp3) is 0.333. The SMILES string of the molecule is CCN1CCc2c(n(Cc3ccccc3)c3ccccc23)C(O)C1. The van der Waals surface area contributed by atoms with Crippen LogP contribution >= 0.6 is 0 Å². The van der Waals surface area contributed by atoms with Crippen molar-refractivity contribution in [1.82, 2.24) is 9.47 Å². The summed E-state index contributed by atoms with van der Waals surface area (Å²) in [4.78, 5) is 2.34. The van der Waals surface area contributed by atoms with Crippen LogP contribution in [0.2, 0.25) is 0 Å². The minimum Gasteiger partial charge on any atom is -0.386 e. The van der Waals surface area contributed by atoms with E-state index in [0.29, 0.717) is 6.54 Å². The highest BCUT2D eigenvalue weighted by atomic mass is 16.3. The number of fused-ring (bicyclic) bond motifs is 3. The van der Waals surface area contributed by atoms with Gasteiger partial charge in [0.15, 0.2) is 0 Å². The highest BCUT2D eigenvalue weighted by Crippen LogP contribution is 2.34. The van der Waals surface area contributed by atoms with Gasteiger partial charge >= 0.3 is 0 Å². The number of nitrogens with zero attached hydrogens (tertiary/aromatic N) is 2. The second-order valence-electron chi connectivity index (χ2n) is 6.61. The average Bonchev–Trinajstić information content (AvgIpc) is 2.82. The number of aromatic nitrogens is 1. The molecule has 1 unspecified atom stereocenters.